The number of rotatable bonds is 4. The number of anilines is 2. The average Bonchev–Trinajstić information content (AvgIpc) is 2.31. The predicted octanol–water partition coefficient (Wildman–Crippen LogP) is 1.92. The molecule has 0 saturated carbocycles. The molecule has 0 aliphatic heterocycles. The van der Waals surface area contributed by atoms with Crippen molar-refractivity contribution in [1.29, 1.82) is 0 Å². The number of hydrogen-bond donors (Lipinski definition) is 3. The molecule has 17 heavy (non-hydrogen) atoms. The van der Waals surface area contributed by atoms with Gasteiger partial charge in [-0.15, -0.1) is 0 Å². The van der Waals surface area contributed by atoms with Gasteiger partial charge in [0.25, 0.3) is 0 Å². The Balaban J connectivity index is 2.43. The quantitative estimate of drug-likeness (QED) is 0.555. The number of hydrogen-bond acceptors (Lipinski definition) is 4. The third-order valence-corrected chi connectivity index (χ3v) is 2.66. The number of nitrogens with one attached hydrogen (secondary N) is 1. The van der Waals surface area contributed by atoms with Crippen LogP contribution in [0.3, 0.4) is 0 Å². The summed E-state index contributed by atoms with van der Waals surface area (Å²) in [5.74, 6) is 0.834. The van der Waals surface area contributed by atoms with Crippen LogP contribution in [0.4, 0.5) is 11.5 Å². The SMILES string of the molecule is Cc1cc2c(N)cccc2c(NCCCO)n1. The molecule has 4 N–H and O–H groups in total. The fourth-order valence-electron chi connectivity index (χ4n) is 1.85. The minimum atomic E-state index is 0.179. The zero-order valence-electron chi connectivity index (χ0n) is 9.90. The lowest BCUT2D eigenvalue weighted by Crippen LogP contribution is -2.06. The van der Waals surface area contributed by atoms with Gasteiger partial charge in [0.05, 0.1) is 0 Å². The lowest BCUT2D eigenvalue weighted by Gasteiger charge is -2.10. The van der Waals surface area contributed by atoms with Gasteiger partial charge in [0.2, 0.25) is 0 Å². The fourth-order valence-corrected chi connectivity index (χ4v) is 1.85. The highest BCUT2D eigenvalue weighted by atomic mass is 16.3. The Morgan fingerprint density at radius 2 is 2.18 bits per heavy atom. The number of aryl methyl sites for hydroxylation is 1. The molecule has 0 fully saturated rings. The summed E-state index contributed by atoms with van der Waals surface area (Å²) in [5.41, 5.74) is 7.65. The van der Waals surface area contributed by atoms with E-state index in [9.17, 15) is 0 Å². The first-order valence-corrected chi connectivity index (χ1v) is 5.73. The second kappa shape index (κ2) is 5.01. The van der Waals surface area contributed by atoms with Gasteiger partial charge in [0, 0.05) is 35.3 Å². The first-order valence-electron chi connectivity index (χ1n) is 5.73. The summed E-state index contributed by atoms with van der Waals surface area (Å²) in [6.45, 7) is 2.83. The van der Waals surface area contributed by atoms with Gasteiger partial charge in [-0.3, -0.25) is 0 Å². The van der Waals surface area contributed by atoms with Crippen molar-refractivity contribution in [3.05, 3.63) is 30.0 Å². The second-order valence-corrected chi connectivity index (χ2v) is 4.06. The number of nitrogens with zero attached hydrogens (tertiary/aromatic N) is 1. The predicted molar refractivity (Wildman–Crippen MR) is 71.1 cm³/mol. The minimum absolute atomic E-state index is 0.179. The Labute approximate surface area is 100 Å². The van der Waals surface area contributed by atoms with Gasteiger partial charge < -0.3 is 16.2 Å². The number of aliphatic hydroxyl groups is 1. The highest BCUT2D eigenvalue weighted by Crippen LogP contribution is 2.26. The van der Waals surface area contributed by atoms with Gasteiger partial charge in [-0.25, -0.2) is 4.98 Å². The lowest BCUT2D eigenvalue weighted by molar-refractivity contribution is 0.292. The average molecular weight is 231 g/mol. The molecule has 0 aliphatic rings. The molecule has 4 heteroatoms. The summed E-state index contributed by atoms with van der Waals surface area (Å²) in [6, 6.07) is 7.80. The highest BCUT2D eigenvalue weighted by Gasteiger charge is 2.05. The van der Waals surface area contributed by atoms with Gasteiger partial charge in [-0.2, -0.15) is 0 Å². The van der Waals surface area contributed by atoms with Gasteiger partial charge in [-0.05, 0) is 25.5 Å². The van der Waals surface area contributed by atoms with E-state index in [4.69, 9.17) is 10.8 Å². The van der Waals surface area contributed by atoms with Crippen LogP contribution in [0, 0.1) is 6.92 Å². The first-order chi connectivity index (χ1) is 8.22. The van der Waals surface area contributed by atoms with E-state index in [1.165, 1.54) is 0 Å². The molecule has 0 amide bonds. The number of nitrogens with two attached hydrogens (primary N) is 1. The molecule has 0 aliphatic carbocycles. The van der Waals surface area contributed by atoms with E-state index >= 15 is 0 Å². The second-order valence-electron chi connectivity index (χ2n) is 4.06. The number of pyridine rings is 1. The van der Waals surface area contributed by atoms with Crippen LogP contribution in [-0.2, 0) is 0 Å². The van der Waals surface area contributed by atoms with Gasteiger partial charge in [0.15, 0.2) is 0 Å². The van der Waals surface area contributed by atoms with Crippen LogP contribution in [0.25, 0.3) is 10.8 Å². The van der Waals surface area contributed by atoms with Crippen molar-refractivity contribution in [2.45, 2.75) is 13.3 Å². The van der Waals surface area contributed by atoms with E-state index in [0.717, 1.165) is 28.0 Å². The van der Waals surface area contributed by atoms with E-state index in [0.29, 0.717) is 13.0 Å². The molecule has 0 unspecified atom stereocenters. The number of aliphatic hydroxyl groups excluding tert-OH is 1. The molecule has 1 heterocycles. The van der Waals surface area contributed by atoms with Crippen LogP contribution in [-0.4, -0.2) is 23.2 Å². The van der Waals surface area contributed by atoms with Crippen LogP contribution >= 0.6 is 0 Å². The summed E-state index contributed by atoms with van der Waals surface area (Å²) < 4.78 is 0. The fraction of sp³-hybridized carbons (Fsp3) is 0.308. The molecule has 0 bridgehead atoms. The molecule has 90 valence electrons. The molecule has 0 saturated heterocycles. The zero-order valence-corrected chi connectivity index (χ0v) is 9.90. The van der Waals surface area contributed by atoms with E-state index in [1.54, 1.807) is 0 Å². The van der Waals surface area contributed by atoms with Crippen molar-refractivity contribution in [1.82, 2.24) is 4.98 Å². The van der Waals surface area contributed by atoms with Crippen molar-refractivity contribution in [2.24, 2.45) is 0 Å². The topological polar surface area (TPSA) is 71.2 Å². The van der Waals surface area contributed by atoms with E-state index < -0.39 is 0 Å². The van der Waals surface area contributed by atoms with Gasteiger partial charge >= 0.3 is 0 Å². The summed E-state index contributed by atoms with van der Waals surface area (Å²) in [7, 11) is 0. The van der Waals surface area contributed by atoms with Gasteiger partial charge in [-0.1, -0.05) is 12.1 Å². The molecule has 1 aromatic heterocycles. The zero-order chi connectivity index (χ0) is 12.3. The molecule has 1 aromatic carbocycles. The van der Waals surface area contributed by atoms with Crippen molar-refractivity contribution in [3.8, 4) is 0 Å². The Kier molecular flexibility index (Phi) is 3.44. The van der Waals surface area contributed by atoms with Crippen molar-refractivity contribution in [3.63, 3.8) is 0 Å². The van der Waals surface area contributed by atoms with Crippen molar-refractivity contribution >= 4 is 22.3 Å². The van der Waals surface area contributed by atoms with E-state index in [2.05, 4.69) is 10.3 Å². The largest absolute Gasteiger partial charge is 0.398 e. The monoisotopic (exact) mass is 231 g/mol. The number of fused-ring (bicyclic) bond motifs is 1. The lowest BCUT2D eigenvalue weighted by atomic mass is 10.1. The van der Waals surface area contributed by atoms with Crippen LogP contribution in [0.2, 0.25) is 0 Å². The van der Waals surface area contributed by atoms with Crippen LogP contribution in [0.1, 0.15) is 12.1 Å². The van der Waals surface area contributed by atoms with Crippen LogP contribution < -0.4 is 11.1 Å². The molecule has 2 rings (SSSR count). The van der Waals surface area contributed by atoms with E-state index in [1.807, 2.05) is 31.2 Å². The molecule has 0 radical (unpaired) electrons. The third-order valence-electron chi connectivity index (χ3n) is 2.66. The smallest absolute Gasteiger partial charge is 0.134 e. The maximum absolute atomic E-state index is 8.78. The van der Waals surface area contributed by atoms with Gasteiger partial charge in [0.1, 0.15) is 5.82 Å². The standard InChI is InChI=1S/C13H17N3O/c1-9-8-11-10(4-2-5-12(11)14)13(16-9)15-6-3-7-17/h2,4-5,8,17H,3,6-7,14H2,1H3,(H,15,16). The Hall–Kier alpha value is -1.81. The van der Waals surface area contributed by atoms with Crippen molar-refractivity contribution < 1.29 is 5.11 Å². The highest BCUT2D eigenvalue weighted by molar-refractivity contribution is 5.99. The van der Waals surface area contributed by atoms with Crippen molar-refractivity contribution in [2.75, 3.05) is 24.2 Å². The molecular weight excluding hydrogens is 214 g/mol. The normalized spacial score (nSPS) is 10.7. The maximum Gasteiger partial charge on any atom is 0.134 e. The first kappa shape index (κ1) is 11.7. The maximum atomic E-state index is 8.78. The molecule has 2 aromatic rings. The Bertz CT molecular complexity index is 525. The summed E-state index contributed by atoms with van der Waals surface area (Å²) >= 11 is 0. The Morgan fingerprint density at radius 3 is 2.94 bits per heavy atom. The number of benzene rings is 1. The molecule has 4 nitrogen and oxygen atoms in total. The number of aromatic nitrogens is 1. The number of nitrogen functional groups attached to an aromatic ring is 1. The molecule has 0 spiro atoms. The molecule has 0 atom stereocenters. The minimum Gasteiger partial charge on any atom is -0.398 e. The van der Waals surface area contributed by atoms with Crippen LogP contribution in [0.5, 0.6) is 0 Å². The molecular formula is C13H17N3O. The van der Waals surface area contributed by atoms with Crippen LogP contribution in [0.15, 0.2) is 24.3 Å². The third kappa shape index (κ3) is 2.47. The summed E-state index contributed by atoms with van der Waals surface area (Å²) in [5, 5.41) is 14.0. The Morgan fingerprint density at radius 1 is 1.35 bits per heavy atom. The van der Waals surface area contributed by atoms with E-state index in [-0.39, 0.29) is 6.61 Å². The summed E-state index contributed by atoms with van der Waals surface area (Å²) in [4.78, 5) is 4.47. The summed E-state index contributed by atoms with van der Waals surface area (Å²) in [6.07, 6.45) is 0.708.